The Morgan fingerprint density at radius 1 is 0.931 bits per heavy atom. The number of Topliss-reactive ketones (excluding diaryl/α,β-unsaturated/α-hetero) is 2. The predicted octanol–water partition coefficient (Wildman–Crippen LogP) is 5.48. The van der Waals surface area contributed by atoms with E-state index in [4.69, 9.17) is 11.6 Å². The number of nitrogens with zero attached hydrogens (tertiary/aromatic N) is 3. The molecule has 0 fully saturated rings. The fourth-order valence-electron chi connectivity index (χ4n) is 3.32. The molecule has 0 saturated carbocycles. The molecule has 4 rings (SSSR count). The molecule has 2 aliphatic heterocycles. The molecule has 1 spiro atoms. The van der Waals surface area contributed by atoms with E-state index in [-0.39, 0.29) is 11.6 Å². The first-order valence-corrected chi connectivity index (χ1v) is 10.9. The Morgan fingerprint density at radius 2 is 1.59 bits per heavy atom. The van der Waals surface area contributed by atoms with Crippen LogP contribution in [0.15, 0.2) is 70.3 Å². The minimum atomic E-state index is -0.860. The number of thioether (sulfide) groups is 2. The third-order valence-electron chi connectivity index (χ3n) is 4.58. The summed E-state index contributed by atoms with van der Waals surface area (Å²) in [6.45, 7) is 4.99. The minimum absolute atomic E-state index is 0.0155. The fraction of sp³-hybridized carbons (Fsp3) is 0.190. The second-order valence-corrected chi connectivity index (χ2v) is 9.68. The van der Waals surface area contributed by atoms with Gasteiger partial charge in [0.05, 0.1) is 10.6 Å². The topological polar surface area (TPSA) is 53.0 Å². The van der Waals surface area contributed by atoms with Gasteiger partial charge in [0.25, 0.3) is 0 Å². The number of hydrogen-bond acceptors (Lipinski definition) is 7. The van der Waals surface area contributed by atoms with E-state index < -0.39 is 4.33 Å². The largest absolute Gasteiger partial charge is 0.301 e. The number of para-hydroxylation sites is 1. The van der Waals surface area contributed by atoms with Crippen LogP contribution >= 0.6 is 35.1 Å². The molecule has 8 heteroatoms. The highest BCUT2D eigenvalue weighted by Crippen LogP contribution is 2.60. The number of halogens is 1. The van der Waals surface area contributed by atoms with Crippen molar-refractivity contribution in [1.29, 1.82) is 0 Å². The molecular weight excluding hydrogens is 426 g/mol. The van der Waals surface area contributed by atoms with Gasteiger partial charge < -0.3 is 4.90 Å². The van der Waals surface area contributed by atoms with Crippen molar-refractivity contribution in [2.75, 3.05) is 9.91 Å². The molecule has 1 unspecified atom stereocenters. The Balaban J connectivity index is 1.91. The van der Waals surface area contributed by atoms with Gasteiger partial charge in [0.2, 0.25) is 4.33 Å². The molecule has 0 amide bonds. The van der Waals surface area contributed by atoms with Gasteiger partial charge >= 0.3 is 0 Å². The highest BCUT2D eigenvalue weighted by molar-refractivity contribution is 8.29. The molecule has 29 heavy (non-hydrogen) atoms. The number of hydrazone groups is 1. The molecule has 0 bridgehead atoms. The number of benzene rings is 2. The quantitative estimate of drug-likeness (QED) is 0.623. The number of rotatable bonds is 4. The Kier molecular flexibility index (Phi) is 5.23. The number of carbonyl (C=O) groups excluding carboxylic acids is 2. The summed E-state index contributed by atoms with van der Waals surface area (Å²) >= 11 is 8.84. The molecule has 2 heterocycles. The fourth-order valence-corrected chi connectivity index (χ4v) is 6.40. The zero-order valence-electron chi connectivity index (χ0n) is 16.0. The molecular formula is C21H18ClN3O2S2. The van der Waals surface area contributed by atoms with E-state index >= 15 is 0 Å². The number of ketones is 2. The van der Waals surface area contributed by atoms with Crippen molar-refractivity contribution in [3.8, 4) is 0 Å². The second-order valence-electron chi connectivity index (χ2n) is 6.64. The van der Waals surface area contributed by atoms with Gasteiger partial charge in [0.15, 0.2) is 16.6 Å². The summed E-state index contributed by atoms with van der Waals surface area (Å²) in [5, 5.41) is 7.46. The first-order valence-electron chi connectivity index (χ1n) is 8.94. The van der Waals surface area contributed by atoms with Crippen LogP contribution in [0.3, 0.4) is 0 Å². The lowest BCUT2D eigenvalue weighted by Crippen LogP contribution is -2.49. The maximum atomic E-state index is 12.4. The molecule has 5 nitrogen and oxygen atoms in total. The smallest absolute Gasteiger partial charge is 0.245 e. The monoisotopic (exact) mass is 443 g/mol. The number of allylic oxidation sites excluding steroid dienone is 2. The summed E-state index contributed by atoms with van der Waals surface area (Å²) in [5.74, 6) is -0.133. The van der Waals surface area contributed by atoms with Crippen LogP contribution in [0.25, 0.3) is 0 Å². The lowest BCUT2D eigenvalue weighted by molar-refractivity contribution is -0.113. The highest BCUT2D eigenvalue weighted by atomic mass is 35.5. The predicted molar refractivity (Wildman–Crippen MR) is 122 cm³/mol. The van der Waals surface area contributed by atoms with Crippen LogP contribution < -0.4 is 9.91 Å². The van der Waals surface area contributed by atoms with E-state index in [2.05, 4.69) is 10.0 Å². The maximum absolute atomic E-state index is 12.4. The van der Waals surface area contributed by atoms with E-state index in [1.54, 1.807) is 19.1 Å². The van der Waals surface area contributed by atoms with Crippen molar-refractivity contribution in [2.24, 2.45) is 5.10 Å². The van der Waals surface area contributed by atoms with Crippen molar-refractivity contribution < 1.29 is 9.59 Å². The lowest BCUT2D eigenvalue weighted by Gasteiger charge is -2.41. The van der Waals surface area contributed by atoms with Crippen molar-refractivity contribution in [3.63, 3.8) is 0 Å². The van der Waals surface area contributed by atoms with E-state index in [1.165, 1.54) is 30.4 Å². The van der Waals surface area contributed by atoms with E-state index in [0.717, 1.165) is 17.1 Å². The summed E-state index contributed by atoms with van der Waals surface area (Å²) in [6.07, 6.45) is 0. The molecule has 1 atom stereocenters. The molecule has 0 saturated heterocycles. The highest BCUT2D eigenvalue weighted by Gasteiger charge is 2.57. The minimum Gasteiger partial charge on any atom is -0.301 e. The standard InChI is InChI=1S/C21H18ClN3O2S2/c1-13-19(14(2)26)28-21(24(13)17-7-5-4-6-8-17)25(23-20(29-21)15(3)27)18-11-9-16(22)10-12-18/h4-12H,1-3H3. The average Bonchev–Trinajstić information content (AvgIpc) is 3.22. The third-order valence-corrected chi connectivity index (χ3v) is 7.92. The Morgan fingerprint density at radius 3 is 2.17 bits per heavy atom. The molecule has 2 aromatic carbocycles. The van der Waals surface area contributed by atoms with Crippen molar-refractivity contribution >= 4 is 63.1 Å². The normalized spacial score (nSPS) is 21.2. The number of hydrogen-bond donors (Lipinski definition) is 0. The van der Waals surface area contributed by atoms with Crippen molar-refractivity contribution in [1.82, 2.24) is 0 Å². The van der Waals surface area contributed by atoms with Crippen LogP contribution in [0.4, 0.5) is 11.4 Å². The van der Waals surface area contributed by atoms with E-state index in [1.807, 2.05) is 54.4 Å². The van der Waals surface area contributed by atoms with Crippen LogP contribution in [-0.2, 0) is 9.59 Å². The van der Waals surface area contributed by atoms with Crippen molar-refractivity contribution in [3.05, 3.63) is 70.2 Å². The van der Waals surface area contributed by atoms with Crippen LogP contribution in [0.1, 0.15) is 20.8 Å². The molecule has 0 radical (unpaired) electrons. The molecule has 148 valence electrons. The number of carbonyl (C=O) groups is 2. The summed E-state index contributed by atoms with van der Waals surface area (Å²) in [5.41, 5.74) is 2.53. The maximum Gasteiger partial charge on any atom is 0.245 e. The first kappa shape index (κ1) is 20.1. The molecule has 0 aromatic heterocycles. The SMILES string of the molecule is CC(=O)C1=NN(c2ccc(Cl)cc2)C2(S1)SC(C(C)=O)=C(C)N2c1ccccc1. The van der Waals surface area contributed by atoms with Crippen LogP contribution in [0.5, 0.6) is 0 Å². The zero-order valence-corrected chi connectivity index (χ0v) is 18.4. The van der Waals surface area contributed by atoms with Crippen molar-refractivity contribution in [2.45, 2.75) is 25.1 Å². The van der Waals surface area contributed by atoms with Gasteiger partial charge in [0.1, 0.15) is 0 Å². The third kappa shape index (κ3) is 3.37. The van der Waals surface area contributed by atoms with E-state index in [0.29, 0.717) is 15.0 Å². The van der Waals surface area contributed by atoms with Gasteiger partial charge in [-0.3, -0.25) is 9.59 Å². The van der Waals surface area contributed by atoms with Gasteiger partial charge in [-0.05, 0) is 62.0 Å². The Labute approximate surface area is 182 Å². The average molecular weight is 444 g/mol. The van der Waals surface area contributed by atoms with Gasteiger partial charge in [-0.15, -0.1) is 0 Å². The van der Waals surface area contributed by atoms with Gasteiger partial charge in [0, 0.05) is 23.3 Å². The molecule has 0 aliphatic carbocycles. The van der Waals surface area contributed by atoms with Gasteiger partial charge in [-0.2, -0.15) is 5.10 Å². The van der Waals surface area contributed by atoms with Crippen LogP contribution in [-0.4, -0.2) is 20.9 Å². The van der Waals surface area contributed by atoms with Crippen LogP contribution in [0.2, 0.25) is 5.02 Å². The van der Waals surface area contributed by atoms with Gasteiger partial charge in [-0.1, -0.05) is 41.6 Å². The molecule has 0 N–H and O–H groups in total. The zero-order chi connectivity index (χ0) is 20.8. The Bertz CT molecular complexity index is 1050. The summed E-state index contributed by atoms with van der Waals surface area (Å²) in [6, 6.07) is 17.1. The first-order chi connectivity index (χ1) is 13.8. The molecule has 2 aliphatic rings. The summed E-state index contributed by atoms with van der Waals surface area (Å²) < 4.78 is -0.860. The van der Waals surface area contributed by atoms with E-state index in [9.17, 15) is 9.59 Å². The number of anilines is 2. The summed E-state index contributed by atoms with van der Waals surface area (Å²) in [4.78, 5) is 27.4. The lowest BCUT2D eigenvalue weighted by atomic mass is 10.2. The second kappa shape index (κ2) is 7.55. The summed E-state index contributed by atoms with van der Waals surface area (Å²) in [7, 11) is 0. The van der Waals surface area contributed by atoms with Crippen LogP contribution in [0, 0.1) is 0 Å². The van der Waals surface area contributed by atoms with Gasteiger partial charge in [-0.25, -0.2) is 5.01 Å². The molecule has 2 aromatic rings. The Hall–Kier alpha value is -2.22.